The van der Waals surface area contributed by atoms with Gasteiger partial charge in [0.05, 0.1) is 12.8 Å². The molecule has 0 aliphatic rings. The number of rotatable bonds is 5. The zero-order valence-electron chi connectivity index (χ0n) is 11.7. The van der Waals surface area contributed by atoms with Gasteiger partial charge in [0.1, 0.15) is 5.75 Å². The molecular formula is C14H15N3O4S. The highest BCUT2D eigenvalue weighted by Crippen LogP contribution is 2.23. The predicted molar refractivity (Wildman–Crippen MR) is 86.0 cm³/mol. The first kappa shape index (κ1) is 15.6. The van der Waals surface area contributed by atoms with E-state index < -0.39 is 16.9 Å². The number of methoxy groups -OCH3 is 1. The summed E-state index contributed by atoms with van der Waals surface area (Å²) in [5.74, 6) is 0.552. The standard InChI is InChI=1S/C14H15N3O4S/c1-21-13-5-3-2-4-12(13)16-14(18)15-10-6-8-11(9-7-10)17-22(19)20/h2-9,22H,1H3,(H2,15,16,18)(H,17,19,20). The van der Waals surface area contributed by atoms with Crippen molar-refractivity contribution < 1.29 is 17.9 Å². The molecule has 0 aromatic heterocycles. The fraction of sp³-hybridized carbons (Fsp3) is 0.0714. The first-order valence-electron chi connectivity index (χ1n) is 6.30. The van der Waals surface area contributed by atoms with Crippen LogP contribution in [0.25, 0.3) is 0 Å². The highest BCUT2D eigenvalue weighted by atomic mass is 32.2. The lowest BCUT2D eigenvalue weighted by Gasteiger charge is -2.11. The van der Waals surface area contributed by atoms with E-state index in [2.05, 4.69) is 15.4 Å². The minimum Gasteiger partial charge on any atom is -0.495 e. The van der Waals surface area contributed by atoms with E-state index >= 15 is 0 Å². The number of para-hydroxylation sites is 2. The third kappa shape index (κ3) is 4.38. The lowest BCUT2D eigenvalue weighted by Crippen LogP contribution is -2.19. The molecule has 2 aromatic carbocycles. The van der Waals surface area contributed by atoms with Crippen LogP contribution in [0.5, 0.6) is 5.75 Å². The second kappa shape index (κ2) is 7.32. The van der Waals surface area contributed by atoms with Crippen LogP contribution in [0.15, 0.2) is 48.5 Å². The van der Waals surface area contributed by atoms with Crippen molar-refractivity contribution >= 4 is 34.0 Å². The predicted octanol–water partition coefficient (Wildman–Crippen LogP) is 2.28. The number of hydrogen-bond donors (Lipinski definition) is 4. The molecule has 2 rings (SSSR count). The molecule has 116 valence electrons. The highest BCUT2D eigenvalue weighted by Gasteiger charge is 2.06. The van der Waals surface area contributed by atoms with Crippen molar-refractivity contribution in [1.82, 2.24) is 0 Å². The van der Waals surface area contributed by atoms with Crippen LogP contribution in [0, 0.1) is 0 Å². The summed E-state index contributed by atoms with van der Waals surface area (Å²) in [6.45, 7) is 0. The van der Waals surface area contributed by atoms with Gasteiger partial charge < -0.3 is 15.4 Å². The number of urea groups is 1. The maximum atomic E-state index is 11.9. The molecule has 0 bridgehead atoms. The van der Waals surface area contributed by atoms with Gasteiger partial charge in [0.25, 0.3) is 0 Å². The van der Waals surface area contributed by atoms with Gasteiger partial charge in [-0.05, 0) is 36.4 Å². The van der Waals surface area contributed by atoms with E-state index in [1.54, 1.807) is 48.5 Å². The summed E-state index contributed by atoms with van der Waals surface area (Å²) in [4.78, 5) is 11.9. The van der Waals surface area contributed by atoms with Crippen LogP contribution in [0.2, 0.25) is 0 Å². The Morgan fingerprint density at radius 1 is 0.955 bits per heavy atom. The minimum atomic E-state index is -2.71. The quantitative estimate of drug-likeness (QED) is 0.635. The molecule has 0 spiro atoms. The topological polar surface area (TPSA) is 96.5 Å². The smallest absolute Gasteiger partial charge is 0.323 e. The third-order valence-electron chi connectivity index (χ3n) is 2.72. The van der Waals surface area contributed by atoms with E-state index in [0.717, 1.165) is 0 Å². The largest absolute Gasteiger partial charge is 0.495 e. The number of amides is 2. The first-order valence-corrected chi connectivity index (χ1v) is 7.48. The normalized spacial score (nSPS) is 10.1. The van der Waals surface area contributed by atoms with Crippen LogP contribution in [0.1, 0.15) is 0 Å². The Bertz CT molecular complexity index is 721. The number of thiol groups is 1. The number of ether oxygens (including phenoxy) is 1. The Balaban J connectivity index is 2.00. The molecule has 3 N–H and O–H groups in total. The van der Waals surface area contributed by atoms with Crippen molar-refractivity contribution in [2.45, 2.75) is 0 Å². The van der Waals surface area contributed by atoms with Gasteiger partial charge in [-0.25, -0.2) is 13.2 Å². The van der Waals surface area contributed by atoms with Gasteiger partial charge in [-0.1, -0.05) is 12.1 Å². The molecule has 22 heavy (non-hydrogen) atoms. The molecule has 7 nitrogen and oxygen atoms in total. The number of hydrogen-bond acceptors (Lipinski definition) is 4. The maximum Gasteiger partial charge on any atom is 0.323 e. The number of benzene rings is 2. The second-order valence-electron chi connectivity index (χ2n) is 4.23. The minimum absolute atomic E-state index is 0.423. The van der Waals surface area contributed by atoms with Gasteiger partial charge in [0.2, 0.25) is 10.9 Å². The molecule has 0 fully saturated rings. The van der Waals surface area contributed by atoms with Crippen LogP contribution in [0.4, 0.5) is 21.9 Å². The summed E-state index contributed by atoms with van der Waals surface area (Å²) in [6.07, 6.45) is 0. The van der Waals surface area contributed by atoms with Gasteiger partial charge in [-0.3, -0.25) is 4.72 Å². The van der Waals surface area contributed by atoms with Crippen LogP contribution in [0.3, 0.4) is 0 Å². The average molecular weight is 321 g/mol. The monoisotopic (exact) mass is 321 g/mol. The Kier molecular flexibility index (Phi) is 5.21. The highest BCUT2D eigenvalue weighted by molar-refractivity contribution is 7.73. The molecule has 2 aromatic rings. The van der Waals surface area contributed by atoms with Crippen molar-refractivity contribution in [2.75, 3.05) is 22.5 Å². The molecule has 0 atom stereocenters. The van der Waals surface area contributed by atoms with E-state index in [9.17, 15) is 13.2 Å². The van der Waals surface area contributed by atoms with Crippen LogP contribution >= 0.6 is 0 Å². The summed E-state index contributed by atoms with van der Waals surface area (Å²) in [6, 6.07) is 12.9. The lowest BCUT2D eigenvalue weighted by molar-refractivity contribution is 0.262. The van der Waals surface area contributed by atoms with Crippen molar-refractivity contribution in [2.24, 2.45) is 0 Å². The van der Waals surface area contributed by atoms with E-state index in [-0.39, 0.29) is 0 Å². The van der Waals surface area contributed by atoms with Crippen molar-refractivity contribution in [3.63, 3.8) is 0 Å². The molecule has 8 heteroatoms. The number of carbonyl (C=O) groups excluding carboxylic acids is 1. The van der Waals surface area contributed by atoms with Crippen LogP contribution in [-0.4, -0.2) is 21.6 Å². The van der Waals surface area contributed by atoms with Gasteiger partial charge >= 0.3 is 6.03 Å². The Morgan fingerprint density at radius 3 is 2.23 bits per heavy atom. The summed E-state index contributed by atoms with van der Waals surface area (Å²) in [5.41, 5.74) is 1.50. The molecule has 0 saturated carbocycles. The molecule has 0 saturated heterocycles. The van der Waals surface area contributed by atoms with Gasteiger partial charge in [0, 0.05) is 11.4 Å². The Morgan fingerprint density at radius 2 is 1.59 bits per heavy atom. The molecule has 0 aliphatic carbocycles. The molecule has 2 amide bonds. The first-order chi connectivity index (χ1) is 10.6. The fourth-order valence-electron chi connectivity index (χ4n) is 1.77. The number of nitrogens with one attached hydrogen (secondary N) is 3. The van der Waals surface area contributed by atoms with E-state index in [1.807, 2.05) is 0 Å². The summed E-state index contributed by atoms with van der Waals surface area (Å²) >= 11 is 0. The molecule has 0 heterocycles. The summed E-state index contributed by atoms with van der Waals surface area (Å²) in [7, 11) is -1.19. The van der Waals surface area contributed by atoms with Crippen LogP contribution in [-0.2, 0) is 10.9 Å². The average Bonchev–Trinajstić information content (AvgIpc) is 2.49. The molecule has 0 aliphatic heterocycles. The van der Waals surface area contributed by atoms with Gasteiger partial charge in [0.15, 0.2) is 0 Å². The number of anilines is 3. The SMILES string of the molecule is COc1ccccc1NC(=O)Nc1ccc(N[SH](=O)=O)cc1. The Hall–Kier alpha value is -2.74. The van der Waals surface area contributed by atoms with Crippen LogP contribution < -0.4 is 20.1 Å². The summed E-state index contributed by atoms with van der Waals surface area (Å²) in [5, 5.41) is 5.31. The van der Waals surface area contributed by atoms with Gasteiger partial charge in [-0.15, -0.1) is 0 Å². The summed E-state index contributed by atoms with van der Waals surface area (Å²) < 4.78 is 28.4. The van der Waals surface area contributed by atoms with Crippen molar-refractivity contribution in [3.05, 3.63) is 48.5 Å². The lowest BCUT2D eigenvalue weighted by atomic mass is 10.3. The molecular weight excluding hydrogens is 306 g/mol. The fourth-order valence-corrected chi connectivity index (χ4v) is 2.13. The third-order valence-corrected chi connectivity index (χ3v) is 3.16. The van der Waals surface area contributed by atoms with E-state index in [4.69, 9.17) is 4.74 Å². The van der Waals surface area contributed by atoms with E-state index in [0.29, 0.717) is 22.8 Å². The van der Waals surface area contributed by atoms with Crippen molar-refractivity contribution in [1.29, 1.82) is 0 Å². The zero-order chi connectivity index (χ0) is 15.9. The van der Waals surface area contributed by atoms with Crippen molar-refractivity contribution in [3.8, 4) is 5.75 Å². The maximum absolute atomic E-state index is 11.9. The molecule has 0 unspecified atom stereocenters. The van der Waals surface area contributed by atoms with E-state index in [1.165, 1.54) is 7.11 Å². The Labute approximate surface area is 129 Å². The number of carbonyl (C=O) groups is 1. The second-order valence-corrected chi connectivity index (χ2v) is 4.96. The zero-order valence-corrected chi connectivity index (χ0v) is 12.6. The van der Waals surface area contributed by atoms with Gasteiger partial charge in [-0.2, -0.15) is 0 Å². The molecule has 0 radical (unpaired) electrons.